The molecule has 1 aliphatic rings. The van der Waals surface area contributed by atoms with E-state index >= 15 is 0 Å². The molecule has 0 aromatic carbocycles. The van der Waals surface area contributed by atoms with Gasteiger partial charge in [0.05, 0.1) is 12.0 Å². The summed E-state index contributed by atoms with van der Waals surface area (Å²) in [6.45, 7) is 4.41. The van der Waals surface area contributed by atoms with Gasteiger partial charge >= 0.3 is 5.97 Å². The highest BCUT2D eigenvalue weighted by Crippen LogP contribution is 2.29. The molecular formula is C11H20O3. The van der Waals surface area contributed by atoms with Crippen LogP contribution in [0.15, 0.2) is 0 Å². The Kier molecular flexibility index (Phi) is 3.93. The normalized spacial score (nSPS) is 17.9. The first kappa shape index (κ1) is 11.5. The summed E-state index contributed by atoms with van der Waals surface area (Å²) in [7, 11) is 0. The SMILES string of the molecule is CC(C)(COCCC1CCC1)C(=O)O. The average molecular weight is 200 g/mol. The van der Waals surface area contributed by atoms with Crippen LogP contribution in [0.5, 0.6) is 0 Å². The maximum absolute atomic E-state index is 10.7. The molecule has 0 aromatic heterocycles. The van der Waals surface area contributed by atoms with Gasteiger partial charge in [0, 0.05) is 6.61 Å². The summed E-state index contributed by atoms with van der Waals surface area (Å²) in [5.41, 5.74) is -0.750. The smallest absolute Gasteiger partial charge is 0.311 e. The Hall–Kier alpha value is -0.570. The van der Waals surface area contributed by atoms with Crippen molar-refractivity contribution in [2.75, 3.05) is 13.2 Å². The number of aliphatic carboxylic acids is 1. The number of ether oxygens (including phenoxy) is 1. The molecular weight excluding hydrogens is 180 g/mol. The van der Waals surface area contributed by atoms with Gasteiger partial charge in [-0.1, -0.05) is 19.3 Å². The van der Waals surface area contributed by atoms with Crippen molar-refractivity contribution in [1.82, 2.24) is 0 Å². The topological polar surface area (TPSA) is 46.5 Å². The van der Waals surface area contributed by atoms with Gasteiger partial charge < -0.3 is 9.84 Å². The Morgan fingerprint density at radius 3 is 2.57 bits per heavy atom. The number of hydrogen-bond donors (Lipinski definition) is 1. The van der Waals surface area contributed by atoms with E-state index in [9.17, 15) is 4.79 Å². The van der Waals surface area contributed by atoms with Crippen molar-refractivity contribution in [2.45, 2.75) is 39.5 Å². The molecule has 0 saturated heterocycles. The van der Waals surface area contributed by atoms with Crippen molar-refractivity contribution in [3.63, 3.8) is 0 Å². The molecule has 0 aromatic rings. The molecule has 0 bridgehead atoms. The summed E-state index contributed by atoms with van der Waals surface area (Å²) in [6.07, 6.45) is 5.10. The zero-order valence-electron chi connectivity index (χ0n) is 9.08. The summed E-state index contributed by atoms with van der Waals surface area (Å²) in [6, 6.07) is 0. The van der Waals surface area contributed by atoms with Gasteiger partial charge in [0.2, 0.25) is 0 Å². The van der Waals surface area contributed by atoms with Crippen LogP contribution in [0.2, 0.25) is 0 Å². The van der Waals surface area contributed by atoms with E-state index in [4.69, 9.17) is 9.84 Å². The first-order valence-electron chi connectivity index (χ1n) is 5.33. The molecule has 3 heteroatoms. The first-order chi connectivity index (χ1) is 6.52. The molecule has 1 saturated carbocycles. The van der Waals surface area contributed by atoms with E-state index in [0.29, 0.717) is 13.2 Å². The van der Waals surface area contributed by atoms with Crippen LogP contribution in [0.1, 0.15) is 39.5 Å². The number of carbonyl (C=O) groups is 1. The van der Waals surface area contributed by atoms with Crippen molar-refractivity contribution in [2.24, 2.45) is 11.3 Å². The third-order valence-electron chi connectivity index (χ3n) is 2.94. The highest BCUT2D eigenvalue weighted by atomic mass is 16.5. The maximum atomic E-state index is 10.7. The van der Waals surface area contributed by atoms with Crippen molar-refractivity contribution in [3.8, 4) is 0 Å². The molecule has 0 spiro atoms. The average Bonchev–Trinajstić information content (AvgIpc) is 2.00. The lowest BCUT2D eigenvalue weighted by atomic mass is 9.83. The van der Waals surface area contributed by atoms with E-state index in [-0.39, 0.29) is 0 Å². The first-order valence-corrected chi connectivity index (χ1v) is 5.33. The Morgan fingerprint density at radius 2 is 2.14 bits per heavy atom. The van der Waals surface area contributed by atoms with Gasteiger partial charge in [-0.05, 0) is 26.2 Å². The fourth-order valence-corrected chi connectivity index (χ4v) is 1.42. The summed E-state index contributed by atoms with van der Waals surface area (Å²) in [5, 5.41) is 8.83. The fraction of sp³-hybridized carbons (Fsp3) is 0.909. The number of carboxylic acids is 1. The van der Waals surface area contributed by atoms with Gasteiger partial charge in [0.25, 0.3) is 0 Å². The van der Waals surface area contributed by atoms with Crippen molar-refractivity contribution >= 4 is 5.97 Å². The molecule has 1 aliphatic carbocycles. The van der Waals surface area contributed by atoms with Crippen LogP contribution in [-0.2, 0) is 9.53 Å². The van der Waals surface area contributed by atoms with Crippen LogP contribution in [0, 0.1) is 11.3 Å². The highest BCUT2D eigenvalue weighted by molar-refractivity contribution is 5.73. The van der Waals surface area contributed by atoms with Crippen LogP contribution in [0.4, 0.5) is 0 Å². The van der Waals surface area contributed by atoms with Gasteiger partial charge in [-0.2, -0.15) is 0 Å². The van der Waals surface area contributed by atoms with Crippen molar-refractivity contribution < 1.29 is 14.6 Å². The van der Waals surface area contributed by atoms with Crippen LogP contribution in [0.3, 0.4) is 0 Å². The summed E-state index contributed by atoms with van der Waals surface area (Å²) < 4.78 is 5.39. The number of rotatable bonds is 6. The zero-order chi connectivity index (χ0) is 10.6. The Labute approximate surface area is 85.5 Å². The van der Waals surface area contributed by atoms with E-state index in [1.165, 1.54) is 19.3 Å². The molecule has 3 nitrogen and oxygen atoms in total. The second-order valence-corrected chi connectivity index (χ2v) is 4.83. The molecule has 14 heavy (non-hydrogen) atoms. The lowest BCUT2D eigenvalue weighted by Gasteiger charge is -2.26. The molecule has 1 fully saturated rings. The summed E-state index contributed by atoms with van der Waals surface area (Å²) in [4.78, 5) is 10.7. The molecule has 82 valence electrons. The molecule has 0 unspecified atom stereocenters. The quantitative estimate of drug-likeness (QED) is 0.669. The lowest BCUT2D eigenvalue weighted by Crippen LogP contribution is -2.29. The second kappa shape index (κ2) is 4.78. The van der Waals surface area contributed by atoms with Crippen LogP contribution >= 0.6 is 0 Å². The standard InChI is InChI=1S/C11H20O3/c1-11(2,10(12)13)8-14-7-6-9-4-3-5-9/h9H,3-8H2,1-2H3,(H,12,13). The van der Waals surface area contributed by atoms with E-state index in [1.54, 1.807) is 13.8 Å². The molecule has 0 amide bonds. The van der Waals surface area contributed by atoms with Gasteiger partial charge in [-0.25, -0.2) is 0 Å². The number of carboxylic acid groups (broad SMARTS) is 1. The van der Waals surface area contributed by atoms with Crippen LogP contribution < -0.4 is 0 Å². The predicted molar refractivity (Wildman–Crippen MR) is 54.2 cm³/mol. The van der Waals surface area contributed by atoms with Crippen molar-refractivity contribution in [1.29, 1.82) is 0 Å². The second-order valence-electron chi connectivity index (χ2n) is 4.83. The molecule has 1 rings (SSSR count). The predicted octanol–water partition coefficient (Wildman–Crippen LogP) is 2.30. The summed E-state index contributed by atoms with van der Waals surface area (Å²) in [5.74, 6) is 0.0454. The zero-order valence-corrected chi connectivity index (χ0v) is 9.08. The highest BCUT2D eigenvalue weighted by Gasteiger charge is 2.27. The Bertz CT molecular complexity index is 195. The molecule has 0 aliphatic heterocycles. The number of hydrogen-bond acceptors (Lipinski definition) is 2. The van der Waals surface area contributed by atoms with Gasteiger partial charge in [0.15, 0.2) is 0 Å². The minimum Gasteiger partial charge on any atom is -0.481 e. The van der Waals surface area contributed by atoms with Crippen LogP contribution in [0.25, 0.3) is 0 Å². The maximum Gasteiger partial charge on any atom is 0.311 e. The van der Waals surface area contributed by atoms with E-state index in [1.807, 2.05) is 0 Å². The fourth-order valence-electron chi connectivity index (χ4n) is 1.42. The minimum absolute atomic E-state index is 0.315. The summed E-state index contributed by atoms with van der Waals surface area (Å²) >= 11 is 0. The Balaban J connectivity index is 2.04. The van der Waals surface area contributed by atoms with Gasteiger partial charge in [-0.15, -0.1) is 0 Å². The third kappa shape index (κ3) is 3.29. The van der Waals surface area contributed by atoms with Crippen LogP contribution in [-0.4, -0.2) is 24.3 Å². The van der Waals surface area contributed by atoms with Crippen molar-refractivity contribution in [3.05, 3.63) is 0 Å². The molecule has 0 heterocycles. The van der Waals surface area contributed by atoms with Gasteiger partial charge in [0.1, 0.15) is 0 Å². The van der Waals surface area contributed by atoms with E-state index < -0.39 is 11.4 Å². The minimum atomic E-state index is -0.791. The molecule has 0 atom stereocenters. The Morgan fingerprint density at radius 1 is 1.50 bits per heavy atom. The third-order valence-corrected chi connectivity index (χ3v) is 2.94. The molecule has 1 N–H and O–H groups in total. The van der Waals surface area contributed by atoms with E-state index in [0.717, 1.165) is 12.3 Å². The largest absolute Gasteiger partial charge is 0.481 e. The van der Waals surface area contributed by atoms with E-state index in [2.05, 4.69) is 0 Å². The monoisotopic (exact) mass is 200 g/mol. The molecule has 0 radical (unpaired) electrons. The van der Waals surface area contributed by atoms with Gasteiger partial charge in [-0.3, -0.25) is 4.79 Å². The lowest BCUT2D eigenvalue weighted by molar-refractivity contribution is -0.150.